The number of aryl methyl sites for hydroxylation is 2. The molecule has 0 aliphatic carbocycles. The summed E-state index contributed by atoms with van der Waals surface area (Å²) in [4.78, 5) is 1.43. The van der Waals surface area contributed by atoms with Gasteiger partial charge in [-0.15, -0.1) is 23.2 Å². The van der Waals surface area contributed by atoms with Gasteiger partial charge < -0.3 is 0 Å². The minimum Gasteiger partial charge on any atom is -0.149 e. The molecule has 1 aromatic carbocycles. The second kappa shape index (κ2) is 6.93. The molecule has 1 heterocycles. The molecule has 0 amide bonds. The monoisotopic (exact) mass is 240 g/mol. The molecule has 0 unspecified atom stereocenters. The molecule has 2 aromatic rings. The van der Waals surface area contributed by atoms with Crippen LogP contribution in [0.25, 0.3) is 0 Å². The van der Waals surface area contributed by atoms with Crippen LogP contribution < -0.4 is 0 Å². The van der Waals surface area contributed by atoms with Crippen LogP contribution in [0.5, 0.6) is 0 Å². The predicted octanol–water partition coefficient (Wildman–Crippen LogP) is 4.32. The lowest BCUT2D eigenvalue weighted by atomic mass is 10.1. The fourth-order valence-electron chi connectivity index (χ4n) is 1.67. The molecule has 0 spiro atoms. The first kappa shape index (κ1) is 12.0. The summed E-state index contributed by atoms with van der Waals surface area (Å²) >= 11 is 1.82. The normalized spacial score (nSPS) is 9.65. The van der Waals surface area contributed by atoms with Crippen molar-refractivity contribution in [3.05, 3.63) is 58.3 Å². The van der Waals surface area contributed by atoms with Crippen LogP contribution in [0, 0.1) is 11.8 Å². The van der Waals surface area contributed by atoms with Crippen molar-refractivity contribution in [3.8, 4) is 11.8 Å². The topological polar surface area (TPSA) is 0 Å². The van der Waals surface area contributed by atoms with Crippen LogP contribution in [0.4, 0.5) is 0 Å². The molecule has 0 N–H and O–H groups in total. The van der Waals surface area contributed by atoms with Gasteiger partial charge in [-0.05, 0) is 29.9 Å². The second-order valence-electron chi connectivity index (χ2n) is 3.92. The van der Waals surface area contributed by atoms with Crippen molar-refractivity contribution in [2.75, 3.05) is 0 Å². The van der Waals surface area contributed by atoms with Gasteiger partial charge in [-0.2, -0.15) is 0 Å². The van der Waals surface area contributed by atoms with Gasteiger partial charge in [0.15, 0.2) is 0 Å². The van der Waals surface area contributed by atoms with Crippen LogP contribution in [0.3, 0.4) is 0 Å². The Morgan fingerprint density at radius 2 is 1.59 bits per heavy atom. The Balaban J connectivity index is 1.66. The second-order valence-corrected chi connectivity index (χ2v) is 4.95. The van der Waals surface area contributed by atoms with Crippen molar-refractivity contribution in [2.45, 2.75) is 25.7 Å². The Labute approximate surface area is 107 Å². The molecular weight excluding hydrogens is 224 g/mol. The predicted molar refractivity (Wildman–Crippen MR) is 75.2 cm³/mol. The first-order valence-electron chi connectivity index (χ1n) is 5.97. The highest BCUT2D eigenvalue weighted by atomic mass is 32.1. The van der Waals surface area contributed by atoms with Crippen molar-refractivity contribution in [1.29, 1.82) is 0 Å². The fourth-order valence-corrected chi connectivity index (χ4v) is 2.38. The Bertz CT molecular complexity index is 471. The van der Waals surface area contributed by atoms with Gasteiger partial charge in [-0.1, -0.05) is 36.4 Å². The number of hydrogen-bond donors (Lipinski definition) is 0. The summed E-state index contributed by atoms with van der Waals surface area (Å²) in [5, 5.41) is 2.12. The molecule has 0 nitrogen and oxygen atoms in total. The van der Waals surface area contributed by atoms with Crippen molar-refractivity contribution >= 4 is 11.3 Å². The van der Waals surface area contributed by atoms with Gasteiger partial charge in [-0.25, -0.2) is 0 Å². The summed E-state index contributed by atoms with van der Waals surface area (Å²) < 4.78 is 0. The minimum absolute atomic E-state index is 0.967. The standard InChI is InChI=1S/C16H16S/c1(2-7-12-16-13-8-14-17-16)4-9-15-10-5-3-6-11-15/h3,5-6,8,10-11,13-14H,4,7,9,12H2. The van der Waals surface area contributed by atoms with E-state index in [-0.39, 0.29) is 0 Å². The van der Waals surface area contributed by atoms with E-state index in [1.807, 2.05) is 11.3 Å². The molecule has 0 aliphatic heterocycles. The zero-order valence-corrected chi connectivity index (χ0v) is 10.7. The average Bonchev–Trinajstić information content (AvgIpc) is 2.88. The summed E-state index contributed by atoms with van der Waals surface area (Å²) in [6.45, 7) is 0. The highest BCUT2D eigenvalue weighted by Crippen LogP contribution is 2.10. The molecule has 0 bridgehead atoms. The number of rotatable bonds is 4. The molecule has 2 rings (SSSR count). The highest BCUT2D eigenvalue weighted by molar-refractivity contribution is 7.09. The van der Waals surface area contributed by atoms with E-state index in [4.69, 9.17) is 0 Å². The van der Waals surface area contributed by atoms with Crippen molar-refractivity contribution in [3.63, 3.8) is 0 Å². The smallest absolute Gasteiger partial charge is 0.0137 e. The molecule has 1 heteroatoms. The molecule has 0 saturated carbocycles. The Morgan fingerprint density at radius 3 is 2.29 bits per heavy atom. The SMILES string of the molecule is C(#CCCc1cccs1)CCc1ccccc1. The van der Waals surface area contributed by atoms with Crippen LogP contribution in [0.1, 0.15) is 23.3 Å². The molecule has 1 aromatic heterocycles. The third-order valence-electron chi connectivity index (χ3n) is 2.58. The molecule has 0 fully saturated rings. The first-order chi connectivity index (χ1) is 8.45. The van der Waals surface area contributed by atoms with E-state index in [0.29, 0.717) is 0 Å². The maximum absolute atomic E-state index is 3.25. The summed E-state index contributed by atoms with van der Waals surface area (Å²) in [6, 6.07) is 14.8. The van der Waals surface area contributed by atoms with Gasteiger partial charge in [0.2, 0.25) is 0 Å². The fraction of sp³-hybridized carbons (Fsp3) is 0.250. The Hall–Kier alpha value is -1.52. The summed E-state index contributed by atoms with van der Waals surface area (Å²) in [5.74, 6) is 6.50. The Morgan fingerprint density at radius 1 is 0.824 bits per heavy atom. The minimum atomic E-state index is 0.967. The van der Waals surface area contributed by atoms with Crippen molar-refractivity contribution in [2.24, 2.45) is 0 Å². The number of thiophene rings is 1. The third-order valence-corrected chi connectivity index (χ3v) is 3.52. The zero-order valence-electron chi connectivity index (χ0n) is 9.86. The first-order valence-corrected chi connectivity index (χ1v) is 6.85. The van der Waals surface area contributed by atoms with E-state index in [1.54, 1.807) is 0 Å². The van der Waals surface area contributed by atoms with Gasteiger partial charge >= 0.3 is 0 Å². The number of hydrogen-bond acceptors (Lipinski definition) is 1. The molecule has 0 aliphatic rings. The maximum atomic E-state index is 3.25. The van der Waals surface area contributed by atoms with Crippen molar-refractivity contribution < 1.29 is 0 Å². The maximum Gasteiger partial charge on any atom is 0.0137 e. The van der Waals surface area contributed by atoms with Gasteiger partial charge in [-0.3, -0.25) is 0 Å². The third kappa shape index (κ3) is 4.46. The lowest BCUT2D eigenvalue weighted by Crippen LogP contribution is -1.82. The van der Waals surface area contributed by atoms with Gasteiger partial charge in [0.1, 0.15) is 0 Å². The molecule has 0 radical (unpaired) electrons. The van der Waals surface area contributed by atoms with Gasteiger partial charge in [0.05, 0.1) is 0 Å². The van der Waals surface area contributed by atoms with Crippen LogP contribution in [0.2, 0.25) is 0 Å². The lowest BCUT2D eigenvalue weighted by molar-refractivity contribution is 1.01. The van der Waals surface area contributed by atoms with Crippen LogP contribution in [-0.2, 0) is 12.8 Å². The largest absolute Gasteiger partial charge is 0.149 e. The van der Waals surface area contributed by atoms with Gasteiger partial charge in [0, 0.05) is 17.7 Å². The molecule has 0 saturated heterocycles. The number of benzene rings is 1. The summed E-state index contributed by atoms with van der Waals surface area (Å²) in [6.07, 6.45) is 4.10. The van der Waals surface area contributed by atoms with E-state index in [2.05, 4.69) is 59.7 Å². The molecule has 0 atom stereocenters. The average molecular weight is 240 g/mol. The highest BCUT2D eigenvalue weighted by Gasteiger charge is 1.90. The van der Waals surface area contributed by atoms with Crippen LogP contribution >= 0.6 is 11.3 Å². The molecule has 86 valence electrons. The van der Waals surface area contributed by atoms with E-state index < -0.39 is 0 Å². The van der Waals surface area contributed by atoms with Crippen LogP contribution in [-0.4, -0.2) is 0 Å². The van der Waals surface area contributed by atoms with E-state index in [0.717, 1.165) is 25.7 Å². The molecular formula is C16H16S. The molecule has 17 heavy (non-hydrogen) atoms. The van der Waals surface area contributed by atoms with Crippen molar-refractivity contribution in [1.82, 2.24) is 0 Å². The van der Waals surface area contributed by atoms with E-state index >= 15 is 0 Å². The van der Waals surface area contributed by atoms with Crippen LogP contribution in [0.15, 0.2) is 47.8 Å². The lowest BCUT2D eigenvalue weighted by Gasteiger charge is -1.94. The van der Waals surface area contributed by atoms with E-state index in [9.17, 15) is 0 Å². The summed E-state index contributed by atoms with van der Waals surface area (Å²) in [5.41, 5.74) is 1.38. The Kier molecular flexibility index (Phi) is 4.87. The summed E-state index contributed by atoms with van der Waals surface area (Å²) in [7, 11) is 0. The van der Waals surface area contributed by atoms with Gasteiger partial charge in [0.25, 0.3) is 0 Å². The van der Waals surface area contributed by atoms with E-state index in [1.165, 1.54) is 10.4 Å². The zero-order chi connectivity index (χ0) is 11.8. The quantitative estimate of drug-likeness (QED) is 0.698.